The van der Waals surface area contributed by atoms with Gasteiger partial charge in [-0.15, -0.1) is 0 Å². The Morgan fingerprint density at radius 3 is 2.49 bits per heavy atom. The van der Waals surface area contributed by atoms with Crippen molar-refractivity contribution in [2.24, 2.45) is 5.92 Å². The molecule has 0 aromatic heterocycles. The number of carbonyl (C=O) groups is 2. The minimum atomic E-state index is -0.417. The van der Waals surface area contributed by atoms with Crippen molar-refractivity contribution in [3.8, 4) is 5.75 Å². The smallest absolute Gasteiger partial charge is 0.410 e. The first-order chi connectivity index (χ1) is 18.7. The molecule has 9 heteroatoms. The Labute approximate surface area is 235 Å². The van der Waals surface area contributed by atoms with E-state index in [0.29, 0.717) is 41.0 Å². The second-order valence-electron chi connectivity index (χ2n) is 11.7. The lowest BCUT2D eigenvalue weighted by atomic mass is 9.94. The van der Waals surface area contributed by atoms with E-state index in [0.717, 1.165) is 69.5 Å². The molecule has 210 valence electrons. The Morgan fingerprint density at radius 1 is 1.10 bits per heavy atom. The molecule has 3 heterocycles. The Hall–Kier alpha value is -2.97. The number of ether oxygens (including phenoxy) is 2. The van der Waals surface area contributed by atoms with Crippen LogP contribution in [0.15, 0.2) is 36.4 Å². The highest BCUT2D eigenvalue weighted by atomic mass is 35.5. The van der Waals surface area contributed by atoms with Crippen LogP contribution in [0, 0.1) is 5.92 Å². The van der Waals surface area contributed by atoms with Crippen LogP contribution in [0.25, 0.3) is 0 Å². The van der Waals surface area contributed by atoms with Crippen molar-refractivity contribution in [1.29, 1.82) is 0 Å². The number of hydrogen-bond donors (Lipinski definition) is 2. The van der Waals surface area contributed by atoms with Gasteiger partial charge in [0.15, 0.2) is 0 Å². The number of nitrogens with one attached hydrogen (secondary N) is 1. The summed E-state index contributed by atoms with van der Waals surface area (Å²) in [7, 11) is 0. The van der Waals surface area contributed by atoms with Gasteiger partial charge in [0.05, 0.1) is 16.3 Å². The zero-order valence-corrected chi connectivity index (χ0v) is 23.6. The van der Waals surface area contributed by atoms with Gasteiger partial charge < -0.3 is 30.3 Å². The van der Waals surface area contributed by atoms with Crippen LogP contribution in [-0.4, -0.2) is 66.2 Å². The van der Waals surface area contributed by atoms with Crippen LogP contribution in [0.3, 0.4) is 0 Å². The van der Waals surface area contributed by atoms with Crippen molar-refractivity contribution in [2.75, 3.05) is 38.5 Å². The maximum atomic E-state index is 13.2. The molecule has 0 unspecified atom stereocenters. The third kappa shape index (κ3) is 6.61. The quantitative estimate of drug-likeness (QED) is 0.494. The predicted molar refractivity (Wildman–Crippen MR) is 152 cm³/mol. The number of carbonyl (C=O) groups excluding carboxylic acids is 2. The number of amides is 2. The Kier molecular flexibility index (Phi) is 8.24. The summed E-state index contributed by atoms with van der Waals surface area (Å²) in [6, 6.07) is 11.5. The Morgan fingerprint density at radius 2 is 1.79 bits per heavy atom. The van der Waals surface area contributed by atoms with Crippen molar-refractivity contribution in [3.05, 3.63) is 58.1 Å². The van der Waals surface area contributed by atoms with Gasteiger partial charge in [0.2, 0.25) is 0 Å². The number of piperidine rings is 2. The average Bonchev–Trinajstić information content (AvgIpc) is 3.26. The topological polar surface area (TPSA) is 97.1 Å². The second-order valence-corrected chi connectivity index (χ2v) is 12.1. The lowest BCUT2D eigenvalue weighted by molar-refractivity contribution is 0.0733. The zero-order chi connectivity index (χ0) is 27.6. The van der Waals surface area contributed by atoms with Crippen LogP contribution < -0.4 is 15.8 Å². The number of nitrogen functional groups attached to an aromatic ring is 1. The van der Waals surface area contributed by atoms with E-state index in [2.05, 4.69) is 10.2 Å². The maximum absolute atomic E-state index is 13.2. The lowest BCUT2D eigenvalue weighted by Gasteiger charge is -2.37. The summed E-state index contributed by atoms with van der Waals surface area (Å²) in [5.41, 5.74) is 8.55. The molecular weight excluding hydrogens is 516 g/mol. The molecule has 0 radical (unpaired) electrons. The Balaban J connectivity index is 1.05. The minimum absolute atomic E-state index is 0.108. The fraction of sp³-hybridized carbons (Fsp3) is 0.533. The number of halogens is 1. The van der Waals surface area contributed by atoms with E-state index in [-0.39, 0.29) is 18.0 Å². The number of nitrogens with zero attached hydrogens (tertiary/aromatic N) is 2. The monoisotopic (exact) mass is 554 g/mol. The molecule has 0 aliphatic carbocycles. The SMILES string of the molecule is CC1(C)Cc2c(N)c(Cl)cc(C(=O)NC3CCN(CC4CCN(C(=O)OCc5ccccc5)CC4)CC3)c2O1. The first kappa shape index (κ1) is 27.6. The van der Waals surface area contributed by atoms with Crippen LogP contribution in [0.4, 0.5) is 10.5 Å². The number of rotatable bonds is 6. The van der Waals surface area contributed by atoms with E-state index in [4.69, 9.17) is 26.8 Å². The molecule has 0 saturated carbocycles. The Bertz CT molecular complexity index is 1190. The maximum Gasteiger partial charge on any atom is 0.410 e. The largest absolute Gasteiger partial charge is 0.486 e. The third-order valence-electron chi connectivity index (χ3n) is 8.11. The van der Waals surface area contributed by atoms with Gasteiger partial charge in [0.1, 0.15) is 18.0 Å². The summed E-state index contributed by atoms with van der Waals surface area (Å²) < 4.78 is 11.6. The molecule has 2 fully saturated rings. The molecule has 8 nitrogen and oxygen atoms in total. The molecule has 3 aliphatic heterocycles. The van der Waals surface area contributed by atoms with Gasteiger partial charge in [-0.2, -0.15) is 0 Å². The fourth-order valence-corrected chi connectivity index (χ4v) is 6.12. The van der Waals surface area contributed by atoms with Gasteiger partial charge in [-0.25, -0.2) is 4.79 Å². The number of likely N-dealkylation sites (tertiary alicyclic amines) is 2. The summed E-state index contributed by atoms with van der Waals surface area (Å²) in [6.45, 7) is 8.65. The summed E-state index contributed by atoms with van der Waals surface area (Å²) >= 11 is 6.36. The number of nitrogens with two attached hydrogens (primary N) is 1. The number of fused-ring (bicyclic) bond motifs is 1. The molecule has 0 bridgehead atoms. The van der Waals surface area contributed by atoms with Crippen molar-refractivity contribution in [3.63, 3.8) is 0 Å². The van der Waals surface area contributed by atoms with Crippen molar-refractivity contribution in [2.45, 2.75) is 64.2 Å². The second kappa shape index (κ2) is 11.6. The van der Waals surface area contributed by atoms with E-state index >= 15 is 0 Å². The van der Waals surface area contributed by atoms with E-state index < -0.39 is 5.60 Å². The van der Waals surface area contributed by atoms with E-state index in [9.17, 15) is 9.59 Å². The van der Waals surface area contributed by atoms with E-state index in [1.54, 1.807) is 6.07 Å². The molecule has 2 aromatic rings. The first-order valence-electron chi connectivity index (χ1n) is 14.0. The zero-order valence-electron chi connectivity index (χ0n) is 22.9. The highest BCUT2D eigenvalue weighted by Crippen LogP contribution is 2.44. The van der Waals surface area contributed by atoms with Crippen molar-refractivity contribution < 1.29 is 19.1 Å². The van der Waals surface area contributed by atoms with Gasteiger partial charge in [0.25, 0.3) is 5.91 Å². The molecular formula is C30H39ClN4O4. The predicted octanol–water partition coefficient (Wildman–Crippen LogP) is 4.88. The van der Waals surface area contributed by atoms with Gasteiger partial charge in [-0.1, -0.05) is 41.9 Å². The number of benzene rings is 2. The summed E-state index contributed by atoms with van der Waals surface area (Å²) in [6.07, 6.45) is 4.16. The van der Waals surface area contributed by atoms with Gasteiger partial charge in [-0.3, -0.25) is 4.79 Å². The molecule has 0 spiro atoms. The molecule has 5 rings (SSSR count). The van der Waals surface area contributed by atoms with Crippen LogP contribution >= 0.6 is 11.6 Å². The summed E-state index contributed by atoms with van der Waals surface area (Å²) in [5.74, 6) is 0.970. The van der Waals surface area contributed by atoms with Crippen molar-refractivity contribution >= 4 is 29.3 Å². The van der Waals surface area contributed by atoms with Crippen LogP contribution in [0.1, 0.15) is 61.0 Å². The lowest BCUT2D eigenvalue weighted by Crippen LogP contribution is -2.47. The first-order valence-corrected chi connectivity index (χ1v) is 14.3. The van der Waals surface area contributed by atoms with Gasteiger partial charge >= 0.3 is 6.09 Å². The molecule has 3 N–H and O–H groups in total. The highest BCUT2D eigenvalue weighted by Gasteiger charge is 2.36. The van der Waals surface area contributed by atoms with E-state index in [1.165, 1.54) is 0 Å². The van der Waals surface area contributed by atoms with Gasteiger partial charge in [0, 0.05) is 50.7 Å². The molecule has 2 aromatic carbocycles. The van der Waals surface area contributed by atoms with E-state index in [1.807, 2.05) is 49.1 Å². The highest BCUT2D eigenvalue weighted by molar-refractivity contribution is 6.33. The van der Waals surface area contributed by atoms with Crippen LogP contribution in [0.2, 0.25) is 5.02 Å². The summed E-state index contributed by atoms with van der Waals surface area (Å²) in [5, 5.41) is 3.60. The third-order valence-corrected chi connectivity index (χ3v) is 8.43. The number of anilines is 1. The van der Waals surface area contributed by atoms with Gasteiger partial charge in [-0.05, 0) is 57.1 Å². The molecule has 3 aliphatic rings. The number of hydrogen-bond acceptors (Lipinski definition) is 6. The van der Waals surface area contributed by atoms with Crippen LogP contribution in [-0.2, 0) is 17.8 Å². The molecule has 2 amide bonds. The fourth-order valence-electron chi connectivity index (χ4n) is 5.89. The standard InChI is InChI=1S/C30H39ClN4O4/c1-30(2)17-24-26(32)25(31)16-23(27(24)39-30)28(36)33-22-10-12-34(13-11-22)18-20-8-14-35(15-9-20)29(37)38-19-21-6-4-3-5-7-21/h3-7,16,20,22H,8-15,17-19,32H2,1-2H3,(H,33,36). The average molecular weight is 555 g/mol. The summed E-state index contributed by atoms with van der Waals surface area (Å²) in [4.78, 5) is 30.0. The normalized spacial score (nSPS) is 19.8. The molecule has 39 heavy (non-hydrogen) atoms. The molecule has 2 saturated heterocycles. The van der Waals surface area contributed by atoms with Crippen LogP contribution in [0.5, 0.6) is 5.75 Å². The molecule has 0 atom stereocenters. The van der Waals surface area contributed by atoms with Crippen molar-refractivity contribution in [1.82, 2.24) is 15.1 Å². The minimum Gasteiger partial charge on any atom is -0.486 e.